The number of nitrogens with zero attached hydrogens (tertiary/aromatic N) is 1. The minimum Gasteiger partial charge on any atom is -0.393 e. The lowest BCUT2D eigenvalue weighted by Crippen LogP contribution is -2.57. The van der Waals surface area contributed by atoms with Gasteiger partial charge in [0.2, 0.25) is 5.79 Å². The Hall–Kier alpha value is -1.21. The highest BCUT2D eigenvalue weighted by Crippen LogP contribution is 2.36. The largest absolute Gasteiger partial charge is 0.393 e. The van der Waals surface area contributed by atoms with Crippen molar-refractivity contribution in [1.29, 1.82) is 0 Å². The van der Waals surface area contributed by atoms with E-state index in [2.05, 4.69) is 0 Å². The van der Waals surface area contributed by atoms with Gasteiger partial charge in [-0.25, -0.2) is 4.79 Å². The number of hydrogen-bond donors (Lipinski definition) is 7. The van der Waals surface area contributed by atoms with Crippen LogP contribution in [0.15, 0.2) is 21.9 Å². The van der Waals surface area contributed by atoms with Crippen LogP contribution < -0.4 is 22.2 Å². The molecule has 0 amide bonds. The number of H-pyrrole nitrogens is 1. The molecule has 0 unspecified atom stereocenters. The molecule has 2 heterocycles. The van der Waals surface area contributed by atoms with E-state index in [1.54, 1.807) is 5.25 Å². The summed E-state index contributed by atoms with van der Waals surface area (Å²) in [5.41, 5.74) is 4.32. The molecule has 4 atom stereocenters. The first-order valence-electron chi connectivity index (χ1n) is 5.97. The highest BCUT2D eigenvalue weighted by molar-refractivity contribution is 7.42. The lowest BCUT2D eigenvalue weighted by atomic mass is 10.0. The van der Waals surface area contributed by atoms with Crippen molar-refractivity contribution in [3.8, 4) is 0 Å². The molecule has 1 aromatic heterocycles. The average molecular weight is 338 g/mol. The number of nitrogens with two attached hydrogens (primary N) is 1. The second-order valence-electron chi connectivity index (χ2n) is 4.48. The van der Waals surface area contributed by atoms with Gasteiger partial charge in [-0.2, -0.15) is 0 Å². The van der Waals surface area contributed by atoms with E-state index in [0.717, 1.165) is 16.8 Å². The highest BCUT2D eigenvalue weighted by Gasteiger charge is 2.57. The molecule has 0 saturated carbocycles. The summed E-state index contributed by atoms with van der Waals surface area (Å²) in [7, 11) is -2.71. The molecule has 0 aromatic carbocycles. The number of rotatable bonds is 5. The van der Waals surface area contributed by atoms with Crippen LogP contribution in [0.3, 0.4) is 0 Å². The third kappa shape index (κ3) is 3.10. The minimum atomic E-state index is -2.71. The Labute approximate surface area is 123 Å². The van der Waals surface area contributed by atoms with Crippen molar-refractivity contribution in [3.63, 3.8) is 0 Å². The third-order valence-electron chi connectivity index (χ3n) is 3.13. The van der Waals surface area contributed by atoms with Gasteiger partial charge in [0.25, 0.3) is 14.1 Å². The summed E-state index contributed by atoms with van der Waals surface area (Å²) in [4.78, 5) is 47.0. The van der Waals surface area contributed by atoms with Gasteiger partial charge in [0.05, 0.1) is 6.61 Å². The fraction of sp³-hybridized carbons (Fsp3) is 0.556. The van der Waals surface area contributed by atoms with Crippen LogP contribution in [0.1, 0.15) is 6.23 Å². The molecule has 1 fully saturated rings. The number of aromatic nitrogens is 2. The summed E-state index contributed by atoms with van der Waals surface area (Å²) in [6, 6.07) is -0.349. The zero-order chi connectivity index (χ0) is 16.5. The summed E-state index contributed by atoms with van der Waals surface area (Å²) in [5.74, 6) is -2.35. The van der Waals surface area contributed by atoms with E-state index in [1.165, 1.54) is 0 Å². The first-order valence-corrected chi connectivity index (χ1v) is 7.21. The van der Waals surface area contributed by atoms with Crippen molar-refractivity contribution in [2.45, 2.75) is 24.2 Å². The number of ether oxygens (including phenoxy) is 1. The Kier molecular flexibility index (Phi) is 5.07. The molecule has 13 heteroatoms. The molecular weight excluding hydrogens is 323 g/mol. The SMILES string of the molecule is N[C@H]1[C@H](n2ccc(=O)[nH]c2=O)O[C@H](CO)[C@]1(O)ONP(O)O. The lowest BCUT2D eigenvalue weighted by Gasteiger charge is -2.30. The molecule has 0 aliphatic carbocycles. The van der Waals surface area contributed by atoms with E-state index >= 15 is 0 Å². The molecule has 0 spiro atoms. The molecular formula is C9H15N4O8P. The van der Waals surface area contributed by atoms with E-state index < -0.39 is 50.5 Å². The Morgan fingerprint density at radius 1 is 1.55 bits per heavy atom. The lowest BCUT2D eigenvalue weighted by molar-refractivity contribution is -0.258. The maximum Gasteiger partial charge on any atom is 0.330 e. The fourth-order valence-electron chi connectivity index (χ4n) is 2.06. The van der Waals surface area contributed by atoms with Gasteiger partial charge in [-0.3, -0.25) is 19.2 Å². The van der Waals surface area contributed by atoms with Crippen molar-refractivity contribution in [1.82, 2.24) is 14.8 Å². The summed E-state index contributed by atoms with van der Waals surface area (Å²) in [5, 5.41) is 21.3. The van der Waals surface area contributed by atoms with Crippen LogP contribution in [0, 0.1) is 0 Å². The van der Waals surface area contributed by atoms with Gasteiger partial charge in [-0.1, -0.05) is 0 Å². The van der Waals surface area contributed by atoms with Crippen molar-refractivity contribution >= 4 is 8.53 Å². The Morgan fingerprint density at radius 3 is 2.77 bits per heavy atom. The Balaban J connectivity index is 2.32. The van der Waals surface area contributed by atoms with E-state index in [9.17, 15) is 19.8 Å². The van der Waals surface area contributed by atoms with Gasteiger partial charge >= 0.3 is 5.69 Å². The number of aromatic amines is 1. The van der Waals surface area contributed by atoms with Crippen LogP contribution in [0.25, 0.3) is 0 Å². The zero-order valence-electron chi connectivity index (χ0n) is 11.0. The monoisotopic (exact) mass is 338 g/mol. The van der Waals surface area contributed by atoms with Gasteiger partial charge in [-0.05, 0) is 0 Å². The van der Waals surface area contributed by atoms with Crippen LogP contribution >= 0.6 is 8.53 Å². The summed E-state index contributed by atoms with van der Waals surface area (Å²) >= 11 is 0. The second-order valence-corrected chi connectivity index (χ2v) is 5.24. The highest BCUT2D eigenvalue weighted by atomic mass is 31.2. The van der Waals surface area contributed by atoms with Crippen LogP contribution in [0.2, 0.25) is 0 Å². The first-order chi connectivity index (χ1) is 10.3. The smallest absolute Gasteiger partial charge is 0.330 e. The molecule has 1 aliphatic rings. The fourth-order valence-corrected chi connectivity index (χ4v) is 2.29. The molecule has 0 bridgehead atoms. The van der Waals surface area contributed by atoms with Gasteiger partial charge in [0.15, 0.2) is 6.23 Å². The van der Waals surface area contributed by atoms with E-state index in [1.807, 2.05) is 4.98 Å². The molecule has 0 radical (unpaired) electrons. The Morgan fingerprint density at radius 2 is 2.23 bits per heavy atom. The van der Waals surface area contributed by atoms with Crippen molar-refractivity contribution in [2.24, 2.45) is 5.73 Å². The molecule has 1 aliphatic heterocycles. The molecule has 1 saturated heterocycles. The zero-order valence-corrected chi connectivity index (χ0v) is 11.9. The predicted molar refractivity (Wildman–Crippen MR) is 70.8 cm³/mol. The maximum absolute atomic E-state index is 11.7. The standard InChI is InChI=1S/C9H15N4O8P/c10-6-7(13-2-1-5(15)11-8(13)16)20-4(3-14)9(6,17)21-12-22(18)19/h1-2,4,6-7,12,14,17-19H,3,10H2,(H,11,15,16)/t4-,6+,7-,9+/m1/s1. The quantitative estimate of drug-likeness (QED) is 0.159. The number of nitrogens with one attached hydrogen (secondary N) is 2. The van der Waals surface area contributed by atoms with Gasteiger partial charge in [-0.15, -0.1) is 5.25 Å². The molecule has 12 nitrogen and oxygen atoms in total. The topological polar surface area (TPSA) is 192 Å². The summed E-state index contributed by atoms with van der Waals surface area (Å²) < 4.78 is 6.17. The molecule has 124 valence electrons. The van der Waals surface area contributed by atoms with Crippen LogP contribution in [0.5, 0.6) is 0 Å². The number of aliphatic hydroxyl groups is 2. The van der Waals surface area contributed by atoms with Gasteiger partial charge < -0.3 is 30.5 Å². The second kappa shape index (κ2) is 6.50. The Bertz CT molecular complexity index is 635. The summed E-state index contributed by atoms with van der Waals surface area (Å²) in [6.07, 6.45) is -1.55. The van der Waals surface area contributed by atoms with Crippen molar-refractivity contribution < 1.29 is 29.6 Å². The normalized spacial score (nSPS) is 31.8. The number of hydrogen-bond acceptors (Lipinski definition) is 10. The first kappa shape index (κ1) is 17.1. The van der Waals surface area contributed by atoms with Crippen LogP contribution in [-0.2, 0) is 9.57 Å². The van der Waals surface area contributed by atoms with E-state index in [-0.39, 0.29) is 0 Å². The third-order valence-corrected chi connectivity index (χ3v) is 3.39. The predicted octanol–water partition coefficient (Wildman–Crippen LogP) is -3.83. The van der Waals surface area contributed by atoms with E-state index in [0.29, 0.717) is 0 Å². The van der Waals surface area contributed by atoms with Crippen molar-refractivity contribution in [2.75, 3.05) is 6.61 Å². The van der Waals surface area contributed by atoms with E-state index in [4.69, 9.17) is 25.1 Å². The van der Waals surface area contributed by atoms with Crippen molar-refractivity contribution in [3.05, 3.63) is 33.1 Å². The molecule has 2 rings (SSSR count). The van der Waals surface area contributed by atoms with Gasteiger partial charge in [0.1, 0.15) is 12.1 Å². The summed E-state index contributed by atoms with van der Waals surface area (Å²) in [6.45, 7) is -0.727. The average Bonchev–Trinajstić information content (AvgIpc) is 2.70. The maximum atomic E-state index is 11.7. The molecule has 8 N–H and O–H groups in total. The van der Waals surface area contributed by atoms with Gasteiger partial charge in [0, 0.05) is 12.3 Å². The van der Waals surface area contributed by atoms with Crippen LogP contribution in [0.4, 0.5) is 0 Å². The molecule has 22 heavy (non-hydrogen) atoms. The van der Waals surface area contributed by atoms with Crippen LogP contribution in [-0.4, -0.2) is 54.1 Å². The molecule has 1 aromatic rings. The minimum absolute atomic E-state index is 0.633. The number of aliphatic hydroxyl groups excluding tert-OH is 1.